The summed E-state index contributed by atoms with van der Waals surface area (Å²) < 4.78 is 4.83. The number of amides is 1. The third-order valence-corrected chi connectivity index (χ3v) is 3.45. The number of carbonyl (C=O) groups excluding carboxylic acids is 1. The van der Waals surface area contributed by atoms with E-state index in [2.05, 4.69) is 10.3 Å². The zero-order valence-corrected chi connectivity index (χ0v) is 12.6. The first kappa shape index (κ1) is 14.8. The van der Waals surface area contributed by atoms with Crippen LogP contribution in [0.2, 0.25) is 0 Å². The molecule has 1 heterocycles. The van der Waals surface area contributed by atoms with Crippen LogP contribution in [0.3, 0.4) is 0 Å². The number of aromatic amines is 1. The van der Waals surface area contributed by atoms with E-state index in [1.165, 1.54) is 0 Å². The van der Waals surface area contributed by atoms with Crippen molar-refractivity contribution in [3.05, 3.63) is 65.0 Å². The Morgan fingerprint density at radius 2 is 1.91 bits per heavy atom. The summed E-state index contributed by atoms with van der Waals surface area (Å²) in [6, 6.07) is 16.7. The third-order valence-electron chi connectivity index (χ3n) is 3.45. The lowest BCUT2D eigenvalue weighted by atomic mass is 10.1. The van der Waals surface area contributed by atoms with Crippen LogP contribution in [0.15, 0.2) is 59.4 Å². The van der Waals surface area contributed by atoms with Gasteiger partial charge < -0.3 is 9.72 Å². The van der Waals surface area contributed by atoms with E-state index in [4.69, 9.17) is 4.74 Å². The summed E-state index contributed by atoms with van der Waals surface area (Å²) in [6.07, 6.45) is -0.538. The summed E-state index contributed by atoms with van der Waals surface area (Å²) in [6.45, 7) is 2.02. The largest absolute Gasteiger partial charge is 0.450 e. The second-order valence-electron chi connectivity index (χ2n) is 5.03. The van der Waals surface area contributed by atoms with Crippen LogP contribution in [0.4, 0.5) is 10.5 Å². The number of hydrogen-bond acceptors (Lipinski definition) is 3. The quantitative estimate of drug-likeness (QED) is 0.774. The molecule has 0 radical (unpaired) electrons. The van der Waals surface area contributed by atoms with Crippen molar-refractivity contribution in [3.63, 3.8) is 0 Å². The minimum Gasteiger partial charge on any atom is -0.450 e. The molecule has 0 spiro atoms. The monoisotopic (exact) mass is 308 g/mol. The molecular weight excluding hydrogens is 292 g/mol. The van der Waals surface area contributed by atoms with Crippen LogP contribution in [0.5, 0.6) is 0 Å². The fourth-order valence-electron chi connectivity index (χ4n) is 2.40. The molecule has 0 bridgehead atoms. The van der Waals surface area contributed by atoms with E-state index in [0.29, 0.717) is 17.7 Å². The number of nitrogens with one attached hydrogen (secondary N) is 2. The summed E-state index contributed by atoms with van der Waals surface area (Å²) in [7, 11) is 0. The lowest BCUT2D eigenvalue weighted by molar-refractivity contribution is 0.168. The van der Waals surface area contributed by atoms with Crippen LogP contribution in [0.25, 0.3) is 22.0 Å². The molecule has 0 aliphatic rings. The van der Waals surface area contributed by atoms with Gasteiger partial charge in [0.2, 0.25) is 0 Å². The maximum Gasteiger partial charge on any atom is 0.411 e. The van der Waals surface area contributed by atoms with Crippen molar-refractivity contribution in [3.8, 4) is 11.3 Å². The van der Waals surface area contributed by atoms with Gasteiger partial charge in [-0.3, -0.25) is 10.1 Å². The van der Waals surface area contributed by atoms with Gasteiger partial charge in [0.1, 0.15) is 0 Å². The maximum atomic E-state index is 12.3. The molecule has 1 amide bonds. The Balaban J connectivity index is 2.00. The molecule has 0 saturated heterocycles. The molecule has 0 fully saturated rings. The third kappa shape index (κ3) is 3.23. The molecular formula is C18H16N2O3. The molecule has 0 aliphatic carbocycles. The van der Waals surface area contributed by atoms with Gasteiger partial charge in [-0.2, -0.15) is 0 Å². The predicted molar refractivity (Wildman–Crippen MR) is 90.6 cm³/mol. The highest BCUT2D eigenvalue weighted by molar-refractivity contribution is 5.92. The number of anilines is 1. The van der Waals surface area contributed by atoms with Gasteiger partial charge in [-0.15, -0.1) is 0 Å². The molecule has 0 atom stereocenters. The minimum absolute atomic E-state index is 0.200. The van der Waals surface area contributed by atoms with Crippen molar-refractivity contribution in [1.29, 1.82) is 0 Å². The van der Waals surface area contributed by atoms with Gasteiger partial charge in [0.15, 0.2) is 0 Å². The first-order chi connectivity index (χ1) is 11.2. The Kier molecular flexibility index (Phi) is 4.10. The first-order valence-electron chi connectivity index (χ1n) is 7.33. The lowest BCUT2D eigenvalue weighted by Gasteiger charge is -2.08. The average Bonchev–Trinajstić information content (AvgIpc) is 2.56. The number of rotatable bonds is 3. The molecule has 2 N–H and O–H groups in total. The Labute approximate surface area is 132 Å². The highest BCUT2D eigenvalue weighted by Gasteiger charge is 2.07. The number of hydrogen-bond donors (Lipinski definition) is 2. The number of fused-ring (bicyclic) bond motifs is 1. The highest BCUT2D eigenvalue weighted by atomic mass is 16.5. The van der Waals surface area contributed by atoms with E-state index in [-0.39, 0.29) is 5.56 Å². The number of H-pyrrole nitrogens is 1. The molecule has 3 aromatic rings. The standard InChI is InChI=1S/C18H16N2O3/c1-2-23-18(22)19-14-9-8-13-10-16(12-6-4-3-5-7-12)20-17(21)15(13)11-14/h3-11H,2H2,1H3,(H,19,22)(H,20,21). The number of ether oxygens (including phenoxy) is 1. The van der Waals surface area contributed by atoms with Crippen molar-refractivity contribution >= 4 is 22.6 Å². The molecule has 3 rings (SSSR count). The summed E-state index contributed by atoms with van der Waals surface area (Å²) in [4.78, 5) is 26.7. The molecule has 5 nitrogen and oxygen atoms in total. The van der Waals surface area contributed by atoms with E-state index < -0.39 is 6.09 Å². The van der Waals surface area contributed by atoms with Gasteiger partial charge in [-0.05, 0) is 36.1 Å². The van der Waals surface area contributed by atoms with Crippen molar-refractivity contribution in [2.24, 2.45) is 0 Å². The number of carbonyl (C=O) groups is 1. The number of aromatic nitrogens is 1. The first-order valence-corrected chi connectivity index (χ1v) is 7.33. The van der Waals surface area contributed by atoms with Gasteiger partial charge in [-0.25, -0.2) is 4.79 Å². The fraction of sp³-hybridized carbons (Fsp3) is 0.111. The van der Waals surface area contributed by atoms with Gasteiger partial charge in [0.25, 0.3) is 5.56 Å². The molecule has 1 aromatic heterocycles. The molecule has 23 heavy (non-hydrogen) atoms. The molecule has 5 heteroatoms. The predicted octanol–water partition coefficient (Wildman–Crippen LogP) is 3.76. The second kappa shape index (κ2) is 6.36. The van der Waals surface area contributed by atoms with Crippen LogP contribution in [-0.2, 0) is 4.74 Å². The topological polar surface area (TPSA) is 71.2 Å². The number of pyridine rings is 1. The lowest BCUT2D eigenvalue weighted by Crippen LogP contribution is -2.14. The summed E-state index contributed by atoms with van der Waals surface area (Å²) in [5, 5.41) is 3.91. The van der Waals surface area contributed by atoms with Gasteiger partial charge in [0.05, 0.1) is 6.61 Å². The molecule has 0 aliphatic heterocycles. The van der Waals surface area contributed by atoms with E-state index in [9.17, 15) is 9.59 Å². The Morgan fingerprint density at radius 1 is 1.13 bits per heavy atom. The number of benzene rings is 2. The summed E-state index contributed by atoms with van der Waals surface area (Å²) >= 11 is 0. The van der Waals surface area contributed by atoms with Gasteiger partial charge >= 0.3 is 6.09 Å². The van der Waals surface area contributed by atoms with Crippen LogP contribution < -0.4 is 10.9 Å². The highest BCUT2D eigenvalue weighted by Crippen LogP contribution is 2.22. The molecule has 0 saturated carbocycles. The summed E-state index contributed by atoms with van der Waals surface area (Å²) in [5.74, 6) is 0. The fourth-order valence-corrected chi connectivity index (χ4v) is 2.40. The Bertz CT molecular complexity index is 901. The summed E-state index contributed by atoms with van der Waals surface area (Å²) in [5.41, 5.74) is 2.03. The van der Waals surface area contributed by atoms with Crippen molar-refractivity contribution < 1.29 is 9.53 Å². The zero-order chi connectivity index (χ0) is 16.2. The van der Waals surface area contributed by atoms with Gasteiger partial charge in [-0.1, -0.05) is 36.4 Å². The van der Waals surface area contributed by atoms with Crippen LogP contribution in [0.1, 0.15) is 6.92 Å². The molecule has 0 unspecified atom stereocenters. The van der Waals surface area contributed by atoms with Crippen molar-refractivity contribution in [2.45, 2.75) is 6.92 Å². The van der Waals surface area contributed by atoms with Gasteiger partial charge in [0, 0.05) is 16.8 Å². The van der Waals surface area contributed by atoms with Crippen LogP contribution in [-0.4, -0.2) is 17.7 Å². The molecule has 116 valence electrons. The average molecular weight is 308 g/mol. The smallest absolute Gasteiger partial charge is 0.411 e. The molecule has 2 aromatic carbocycles. The Hall–Kier alpha value is -3.08. The van der Waals surface area contributed by atoms with Crippen LogP contribution >= 0.6 is 0 Å². The normalized spacial score (nSPS) is 10.5. The van der Waals surface area contributed by atoms with E-state index >= 15 is 0 Å². The SMILES string of the molecule is CCOC(=O)Nc1ccc2cc(-c3ccccc3)[nH]c(=O)c2c1. The van der Waals surface area contributed by atoms with Crippen molar-refractivity contribution in [1.82, 2.24) is 4.98 Å². The van der Waals surface area contributed by atoms with E-state index in [1.807, 2.05) is 36.4 Å². The van der Waals surface area contributed by atoms with Crippen molar-refractivity contribution in [2.75, 3.05) is 11.9 Å². The second-order valence-corrected chi connectivity index (χ2v) is 5.03. The Morgan fingerprint density at radius 3 is 2.65 bits per heavy atom. The maximum absolute atomic E-state index is 12.3. The van der Waals surface area contributed by atoms with E-state index in [1.54, 1.807) is 25.1 Å². The van der Waals surface area contributed by atoms with Crippen LogP contribution in [0, 0.1) is 0 Å². The zero-order valence-electron chi connectivity index (χ0n) is 12.6. The minimum atomic E-state index is -0.538. The van der Waals surface area contributed by atoms with E-state index in [0.717, 1.165) is 16.6 Å².